The SMILES string of the molecule is CCCc1nc(C2CN3CCN2CC3)nc(NCC)c1Br. The molecule has 0 spiro atoms. The van der Waals surface area contributed by atoms with Gasteiger partial charge < -0.3 is 5.32 Å². The van der Waals surface area contributed by atoms with Crippen molar-refractivity contribution in [1.29, 1.82) is 0 Å². The van der Waals surface area contributed by atoms with E-state index < -0.39 is 0 Å². The molecule has 1 N–H and O–H groups in total. The zero-order chi connectivity index (χ0) is 14.8. The number of nitrogens with zero attached hydrogens (tertiary/aromatic N) is 4. The number of piperazine rings is 3. The zero-order valence-corrected chi connectivity index (χ0v) is 14.5. The first-order valence-corrected chi connectivity index (χ1v) is 8.78. The third-order valence-corrected chi connectivity index (χ3v) is 5.18. The summed E-state index contributed by atoms with van der Waals surface area (Å²) in [7, 11) is 0. The first-order valence-electron chi connectivity index (χ1n) is 7.99. The largest absolute Gasteiger partial charge is 0.369 e. The summed E-state index contributed by atoms with van der Waals surface area (Å²) in [6, 6.07) is 0.355. The summed E-state index contributed by atoms with van der Waals surface area (Å²) in [6.45, 7) is 10.9. The van der Waals surface area contributed by atoms with Crippen LogP contribution in [0.25, 0.3) is 0 Å². The second-order valence-electron chi connectivity index (χ2n) is 5.82. The lowest BCUT2D eigenvalue weighted by atomic mass is 10.1. The normalized spacial score (nSPS) is 27.9. The van der Waals surface area contributed by atoms with Crippen LogP contribution in [-0.2, 0) is 6.42 Å². The summed E-state index contributed by atoms with van der Waals surface area (Å²) in [4.78, 5) is 14.8. The lowest BCUT2D eigenvalue weighted by Crippen LogP contribution is -2.57. The first kappa shape index (κ1) is 15.2. The Hall–Kier alpha value is -0.720. The number of halogens is 1. The molecule has 21 heavy (non-hydrogen) atoms. The smallest absolute Gasteiger partial charge is 0.149 e. The van der Waals surface area contributed by atoms with Gasteiger partial charge >= 0.3 is 0 Å². The quantitative estimate of drug-likeness (QED) is 0.879. The summed E-state index contributed by atoms with van der Waals surface area (Å²) in [6.07, 6.45) is 2.09. The van der Waals surface area contributed by atoms with Gasteiger partial charge in [-0.1, -0.05) is 13.3 Å². The molecule has 5 nitrogen and oxygen atoms in total. The second kappa shape index (κ2) is 6.58. The van der Waals surface area contributed by atoms with Gasteiger partial charge in [0.05, 0.1) is 16.2 Å². The maximum absolute atomic E-state index is 4.88. The summed E-state index contributed by atoms with van der Waals surface area (Å²) in [5.41, 5.74) is 1.14. The van der Waals surface area contributed by atoms with Crippen molar-refractivity contribution >= 4 is 21.7 Å². The van der Waals surface area contributed by atoms with Crippen LogP contribution in [0.4, 0.5) is 5.82 Å². The molecule has 3 aliphatic heterocycles. The molecule has 1 unspecified atom stereocenters. The number of rotatable bonds is 5. The molecule has 116 valence electrons. The fraction of sp³-hybridized carbons (Fsp3) is 0.733. The van der Waals surface area contributed by atoms with Gasteiger partial charge in [-0.05, 0) is 29.3 Å². The third kappa shape index (κ3) is 3.07. The fourth-order valence-electron chi connectivity index (χ4n) is 3.21. The van der Waals surface area contributed by atoms with Crippen LogP contribution in [0.2, 0.25) is 0 Å². The van der Waals surface area contributed by atoms with E-state index in [4.69, 9.17) is 9.97 Å². The van der Waals surface area contributed by atoms with Gasteiger partial charge in [-0.25, -0.2) is 9.97 Å². The van der Waals surface area contributed by atoms with E-state index in [9.17, 15) is 0 Å². The highest BCUT2D eigenvalue weighted by molar-refractivity contribution is 9.10. The lowest BCUT2D eigenvalue weighted by Gasteiger charge is -2.46. The van der Waals surface area contributed by atoms with Gasteiger partial charge in [0.25, 0.3) is 0 Å². The Labute approximate surface area is 135 Å². The van der Waals surface area contributed by atoms with E-state index in [0.29, 0.717) is 6.04 Å². The number of aromatic nitrogens is 2. The van der Waals surface area contributed by atoms with Crippen LogP contribution < -0.4 is 5.32 Å². The Bertz CT molecular complexity index is 472. The van der Waals surface area contributed by atoms with Gasteiger partial charge in [0, 0.05) is 39.3 Å². The average molecular weight is 354 g/mol. The Kier molecular flexibility index (Phi) is 4.76. The van der Waals surface area contributed by atoms with Crippen molar-refractivity contribution in [2.75, 3.05) is 44.6 Å². The van der Waals surface area contributed by atoms with Crippen molar-refractivity contribution in [1.82, 2.24) is 19.8 Å². The molecule has 3 aliphatic rings. The second-order valence-corrected chi connectivity index (χ2v) is 6.62. The maximum Gasteiger partial charge on any atom is 0.149 e. The van der Waals surface area contributed by atoms with Crippen molar-refractivity contribution in [3.63, 3.8) is 0 Å². The molecule has 0 aromatic carbocycles. The molecule has 0 aliphatic carbocycles. The van der Waals surface area contributed by atoms with E-state index in [1.54, 1.807) is 0 Å². The molecule has 2 bridgehead atoms. The highest BCUT2D eigenvalue weighted by Crippen LogP contribution is 2.31. The predicted molar refractivity (Wildman–Crippen MR) is 88.6 cm³/mol. The monoisotopic (exact) mass is 353 g/mol. The van der Waals surface area contributed by atoms with Gasteiger partial charge in [0.15, 0.2) is 0 Å². The molecule has 0 radical (unpaired) electrons. The van der Waals surface area contributed by atoms with Gasteiger partial charge in [-0.15, -0.1) is 0 Å². The summed E-state index contributed by atoms with van der Waals surface area (Å²) in [5.74, 6) is 1.94. The Balaban J connectivity index is 1.93. The van der Waals surface area contributed by atoms with Crippen LogP contribution in [0.3, 0.4) is 0 Å². The maximum atomic E-state index is 4.88. The zero-order valence-electron chi connectivity index (χ0n) is 12.9. The fourth-order valence-corrected chi connectivity index (χ4v) is 3.73. The Morgan fingerprint density at radius 1 is 1.19 bits per heavy atom. The molecule has 1 aromatic rings. The van der Waals surface area contributed by atoms with Crippen LogP contribution in [0.5, 0.6) is 0 Å². The van der Waals surface area contributed by atoms with Crippen LogP contribution in [0.15, 0.2) is 4.47 Å². The molecule has 3 fully saturated rings. The number of hydrogen-bond acceptors (Lipinski definition) is 5. The molecule has 4 rings (SSSR count). The van der Waals surface area contributed by atoms with Gasteiger partial charge in [0.2, 0.25) is 0 Å². The van der Waals surface area contributed by atoms with E-state index >= 15 is 0 Å². The number of nitrogens with one attached hydrogen (secondary N) is 1. The van der Waals surface area contributed by atoms with Crippen LogP contribution in [0, 0.1) is 0 Å². The average Bonchev–Trinajstić information content (AvgIpc) is 2.52. The molecule has 6 heteroatoms. The van der Waals surface area contributed by atoms with Crippen molar-refractivity contribution in [3.05, 3.63) is 16.0 Å². The highest BCUT2D eigenvalue weighted by Gasteiger charge is 2.35. The molecular weight excluding hydrogens is 330 g/mol. The third-order valence-electron chi connectivity index (χ3n) is 4.34. The van der Waals surface area contributed by atoms with Gasteiger partial charge in [0.1, 0.15) is 11.6 Å². The minimum absolute atomic E-state index is 0.355. The molecule has 4 heterocycles. The predicted octanol–water partition coefficient (Wildman–Crippen LogP) is 2.30. The number of aryl methyl sites for hydroxylation is 1. The van der Waals surface area contributed by atoms with E-state index in [2.05, 4.69) is 44.9 Å². The van der Waals surface area contributed by atoms with Gasteiger partial charge in [-0.3, -0.25) is 9.80 Å². The summed E-state index contributed by atoms with van der Waals surface area (Å²) >= 11 is 3.67. The van der Waals surface area contributed by atoms with Crippen LogP contribution in [0.1, 0.15) is 37.8 Å². The number of hydrogen-bond donors (Lipinski definition) is 1. The highest BCUT2D eigenvalue weighted by atomic mass is 79.9. The van der Waals surface area contributed by atoms with Crippen molar-refractivity contribution in [2.45, 2.75) is 32.7 Å². The Morgan fingerprint density at radius 2 is 1.95 bits per heavy atom. The van der Waals surface area contributed by atoms with E-state index in [-0.39, 0.29) is 0 Å². The van der Waals surface area contributed by atoms with Crippen molar-refractivity contribution in [3.8, 4) is 0 Å². The van der Waals surface area contributed by atoms with E-state index in [1.807, 2.05) is 0 Å². The number of fused-ring (bicyclic) bond motifs is 3. The summed E-state index contributed by atoms with van der Waals surface area (Å²) < 4.78 is 1.03. The molecular formula is C15H24BrN5. The lowest BCUT2D eigenvalue weighted by molar-refractivity contribution is 0.00860. The standard InChI is InChI=1S/C15H24BrN5/c1-3-5-11-13(16)15(17-4-2)19-14(18-11)12-10-20-6-8-21(12)9-7-20/h12H,3-10H2,1-2H3,(H,17,18,19). The van der Waals surface area contributed by atoms with Gasteiger partial charge in [-0.2, -0.15) is 0 Å². The summed E-state index contributed by atoms with van der Waals surface area (Å²) in [5, 5.41) is 3.37. The number of anilines is 1. The van der Waals surface area contributed by atoms with E-state index in [1.165, 1.54) is 13.1 Å². The minimum atomic E-state index is 0.355. The Morgan fingerprint density at radius 3 is 2.52 bits per heavy atom. The van der Waals surface area contributed by atoms with E-state index in [0.717, 1.165) is 60.8 Å². The molecule has 0 saturated carbocycles. The minimum Gasteiger partial charge on any atom is -0.369 e. The first-order chi connectivity index (χ1) is 10.2. The van der Waals surface area contributed by atoms with Crippen LogP contribution >= 0.6 is 15.9 Å². The molecule has 1 aromatic heterocycles. The molecule has 3 saturated heterocycles. The van der Waals surface area contributed by atoms with Crippen LogP contribution in [-0.4, -0.2) is 59.0 Å². The van der Waals surface area contributed by atoms with Crippen molar-refractivity contribution in [2.24, 2.45) is 0 Å². The molecule has 0 amide bonds. The topological polar surface area (TPSA) is 44.3 Å². The molecule has 1 atom stereocenters. The van der Waals surface area contributed by atoms with Crippen molar-refractivity contribution < 1.29 is 0 Å².